The lowest BCUT2D eigenvalue weighted by atomic mass is 9.95. The fourth-order valence-corrected chi connectivity index (χ4v) is 2.25. The van der Waals surface area contributed by atoms with Crippen molar-refractivity contribution in [2.45, 2.75) is 30.9 Å². The van der Waals surface area contributed by atoms with Crippen molar-refractivity contribution in [1.29, 1.82) is 5.26 Å². The van der Waals surface area contributed by atoms with Gasteiger partial charge in [-0.2, -0.15) is 5.26 Å². The van der Waals surface area contributed by atoms with Gasteiger partial charge in [-0.15, -0.1) is 0 Å². The topological polar surface area (TPSA) is 47.3 Å². The summed E-state index contributed by atoms with van der Waals surface area (Å²) in [6, 6.07) is 2.16. The molecule has 0 aromatic heterocycles. The number of fused-ring (bicyclic) bond motifs is 1. The van der Waals surface area contributed by atoms with Gasteiger partial charge in [0.1, 0.15) is 0 Å². The Morgan fingerprint density at radius 1 is 1.55 bits per heavy atom. The first-order valence-electron chi connectivity index (χ1n) is 4.14. The monoisotopic (exact) mass is 152 g/mol. The van der Waals surface area contributed by atoms with Crippen LogP contribution in [0.2, 0.25) is 0 Å². The van der Waals surface area contributed by atoms with Crippen LogP contribution in [0.1, 0.15) is 19.3 Å². The van der Waals surface area contributed by atoms with Crippen LogP contribution in [-0.4, -0.2) is 34.7 Å². The number of nitrogens with zero attached hydrogens (tertiary/aromatic N) is 2. The van der Waals surface area contributed by atoms with E-state index in [0.29, 0.717) is 6.42 Å². The zero-order chi connectivity index (χ0) is 7.90. The van der Waals surface area contributed by atoms with E-state index in [1.165, 1.54) is 0 Å². The second-order valence-electron chi connectivity index (χ2n) is 3.48. The quantitative estimate of drug-likeness (QED) is 0.501. The van der Waals surface area contributed by atoms with Gasteiger partial charge in [0, 0.05) is 13.0 Å². The molecule has 3 nitrogen and oxygen atoms in total. The molecule has 0 radical (unpaired) electrons. The minimum atomic E-state index is -1.03. The van der Waals surface area contributed by atoms with Crippen LogP contribution in [0.3, 0.4) is 0 Å². The molecule has 60 valence electrons. The fraction of sp³-hybridized carbons (Fsp3) is 0.875. The molecule has 0 aromatic carbocycles. The van der Waals surface area contributed by atoms with Crippen LogP contribution in [0.15, 0.2) is 0 Å². The van der Waals surface area contributed by atoms with E-state index in [9.17, 15) is 5.11 Å². The van der Waals surface area contributed by atoms with E-state index in [1.54, 1.807) is 0 Å². The summed E-state index contributed by atoms with van der Waals surface area (Å²) in [5.41, 5.74) is -1.03. The van der Waals surface area contributed by atoms with Gasteiger partial charge < -0.3 is 5.11 Å². The van der Waals surface area contributed by atoms with Gasteiger partial charge in [0.25, 0.3) is 0 Å². The van der Waals surface area contributed by atoms with Gasteiger partial charge in [-0.3, -0.25) is 4.90 Å². The summed E-state index contributed by atoms with van der Waals surface area (Å²) < 4.78 is 0. The third-order valence-electron chi connectivity index (χ3n) is 2.89. The van der Waals surface area contributed by atoms with Crippen molar-refractivity contribution in [1.82, 2.24) is 4.90 Å². The molecule has 1 N–H and O–H groups in total. The maximum atomic E-state index is 9.77. The van der Waals surface area contributed by atoms with Gasteiger partial charge in [-0.05, 0) is 19.4 Å². The van der Waals surface area contributed by atoms with E-state index >= 15 is 0 Å². The Kier molecular flexibility index (Phi) is 1.41. The van der Waals surface area contributed by atoms with E-state index in [-0.39, 0.29) is 6.04 Å². The summed E-state index contributed by atoms with van der Waals surface area (Å²) in [7, 11) is 0. The Morgan fingerprint density at radius 2 is 2.36 bits per heavy atom. The van der Waals surface area contributed by atoms with Gasteiger partial charge in [-0.25, -0.2) is 0 Å². The van der Waals surface area contributed by atoms with Crippen molar-refractivity contribution in [3.63, 3.8) is 0 Å². The molecule has 0 aromatic rings. The molecule has 0 aliphatic carbocycles. The lowest BCUT2D eigenvalue weighted by molar-refractivity contribution is 0.0678. The largest absolute Gasteiger partial charge is 0.374 e. The molecule has 3 heteroatoms. The van der Waals surface area contributed by atoms with Crippen molar-refractivity contribution < 1.29 is 5.11 Å². The highest BCUT2D eigenvalue weighted by molar-refractivity contribution is 5.14. The highest BCUT2D eigenvalue weighted by atomic mass is 16.3. The summed E-state index contributed by atoms with van der Waals surface area (Å²) in [6.45, 7) is 1.96. The predicted octanol–water partition coefficient (Wildman–Crippen LogP) is 0.109. The van der Waals surface area contributed by atoms with Crippen LogP contribution in [0.25, 0.3) is 0 Å². The third-order valence-corrected chi connectivity index (χ3v) is 2.89. The normalized spacial score (nSPS) is 43.8. The van der Waals surface area contributed by atoms with Crippen LogP contribution >= 0.6 is 0 Å². The molecule has 2 saturated heterocycles. The van der Waals surface area contributed by atoms with Crippen molar-refractivity contribution in [2.24, 2.45) is 0 Å². The molecule has 0 spiro atoms. The van der Waals surface area contributed by atoms with Gasteiger partial charge in [-0.1, -0.05) is 0 Å². The second-order valence-corrected chi connectivity index (χ2v) is 3.48. The van der Waals surface area contributed by atoms with Crippen molar-refractivity contribution in [3.05, 3.63) is 0 Å². The van der Waals surface area contributed by atoms with Crippen LogP contribution in [-0.2, 0) is 0 Å². The average Bonchev–Trinajstić information content (AvgIpc) is 2.55. The molecule has 11 heavy (non-hydrogen) atoms. The number of hydrogen-bond donors (Lipinski definition) is 1. The van der Waals surface area contributed by atoms with E-state index in [2.05, 4.69) is 4.90 Å². The Balaban J connectivity index is 2.22. The smallest absolute Gasteiger partial charge is 0.167 e. The first-order valence-corrected chi connectivity index (χ1v) is 4.14. The molecule has 2 fully saturated rings. The van der Waals surface area contributed by atoms with Gasteiger partial charge in [0.05, 0.1) is 12.1 Å². The number of rotatable bonds is 0. The van der Waals surface area contributed by atoms with E-state index in [1.807, 2.05) is 6.07 Å². The maximum Gasteiger partial charge on any atom is 0.167 e. The zero-order valence-corrected chi connectivity index (χ0v) is 6.45. The molecule has 2 unspecified atom stereocenters. The lowest BCUT2D eigenvalue weighted by Gasteiger charge is -2.22. The molecule has 2 heterocycles. The summed E-state index contributed by atoms with van der Waals surface area (Å²) in [5, 5.41) is 18.5. The van der Waals surface area contributed by atoms with Crippen LogP contribution < -0.4 is 0 Å². The molecule has 0 bridgehead atoms. The van der Waals surface area contributed by atoms with Crippen LogP contribution in [0.5, 0.6) is 0 Å². The van der Waals surface area contributed by atoms with Gasteiger partial charge in [0.15, 0.2) is 5.60 Å². The maximum absolute atomic E-state index is 9.77. The Bertz CT molecular complexity index is 211. The first kappa shape index (κ1) is 7.08. The van der Waals surface area contributed by atoms with Crippen molar-refractivity contribution in [3.8, 4) is 6.07 Å². The molecule has 0 amide bonds. The Morgan fingerprint density at radius 3 is 3.09 bits per heavy atom. The summed E-state index contributed by atoms with van der Waals surface area (Å²) in [5.74, 6) is 0. The minimum absolute atomic E-state index is 0.132. The third kappa shape index (κ3) is 0.867. The second kappa shape index (κ2) is 2.20. The van der Waals surface area contributed by atoms with Crippen molar-refractivity contribution in [2.75, 3.05) is 13.1 Å². The highest BCUT2D eigenvalue weighted by Crippen LogP contribution is 2.35. The first-order chi connectivity index (χ1) is 5.26. The summed E-state index contributed by atoms with van der Waals surface area (Å²) >= 11 is 0. The summed E-state index contributed by atoms with van der Waals surface area (Å²) in [6.07, 6.45) is 2.76. The van der Waals surface area contributed by atoms with Crippen molar-refractivity contribution >= 4 is 0 Å². The van der Waals surface area contributed by atoms with Gasteiger partial charge in [0.2, 0.25) is 0 Å². The fourth-order valence-electron chi connectivity index (χ4n) is 2.25. The molecule has 0 saturated carbocycles. The lowest BCUT2D eigenvalue weighted by Crippen LogP contribution is -2.39. The molecule has 2 atom stereocenters. The molecular formula is C8H12N2O. The molecular weight excluding hydrogens is 140 g/mol. The van der Waals surface area contributed by atoms with Crippen LogP contribution in [0.4, 0.5) is 0 Å². The van der Waals surface area contributed by atoms with E-state index in [4.69, 9.17) is 5.26 Å². The standard InChI is InChI=1S/C8H12N2O/c9-6-8(11)3-5-10-4-1-2-7(8)10/h7,11H,1-5H2. The number of nitriles is 1. The Hall–Kier alpha value is -0.590. The predicted molar refractivity (Wildman–Crippen MR) is 39.8 cm³/mol. The highest BCUT2D eigenvalue weighted by Gasteiger charge is 2.48. The SMILES string of the molecule is N#CC1(O)CCN2CCCC21. The molecule has 2 rings (SSSR count). The molecule has 2 aliphatic rings. The molecule has 2 aliphatic heterocycles. The number of aliphatic hydroxyl groups is 1. The Labute approximate surface area is 66.2 Å². The zero-order valence-electron chi connectivity index (χ0n) is 6.45. The van der Waals surface area contributed by atoms with E-state index < -0.39 is 5.60 Å². The minimum Gasteiger partial charge on any atom is -0.374 e. The average molecular weight is 152 g/mol. The van der Waals surface area contributed by atoms with E-state index in [0.717, 1.165) is 25.9 Å². The summed E-state index contributed by atoms with van der Waals surface area (Å²) in [4.78, 5) is 2.23. The number of hydrogen-bond acceptors (Lipinski definition) is 3. The van der Waals surface area contributed by atoms with Gasteiger partial charge >= 0.3 is 0 Å². The van der Waals surface area contributed by atoms with Crippen LogP contribution in [0, 0.1) is 11.3 Å².